The molecule has 2 N–H and O–H groups in total. The fourth-order valence-electron chi connectivity index (χ4n) is 2.03. The highest BCUT2D eigenvalue weighted by atomic mass is 16.5. The van der Waals surface area contributed by atoms with Gasteiger partial charge in [-0.25, -0.2) is 0 Å². The number of hydrogen-bond acceptors (Lipinski definition) is 3. The van der Waals surface area contributed by atoms with Crippen LogP contribution in [-0.4, -0.2) is 19.7 Å². The van der Waals surface area contributed by atoms with Crippen molar-refractivity contribution < 1.29 is 4.74 Å². The van der Waals surface area contributed by atoms with Crippen molar-refractivity contribution in [2.24, 2.45) is 0 Å². The summed E-state index contributed by atoms with van der Waals surface area (Å²) in [5, 5.41) is 0. The number of rotatable bonds is 4. The van der Waals surface area contributed by atoms with Crippen molar-refractivity contribution in [1.29, 1.82) is 0 Å². The number of hydrogen-bond donors (Lipinski definition) is 1. The second-order valence-electron chi connectivity index (χ2n) is 4.26. The van der Waals surface area contributed by atoms with Crippen LogP contribution in [0.15, 0.2) is 18.2 Å². The molecular weight excluding hydrogens is 200 g/mol. The summed E-state index contributed by atoms with van der Waals surface area (Å²) < 4.78 is 5.63. The van der Waals surface area contributed by atoms with Crippen LogP contribution in [0.4, 0.5) is 11.4 Å². The Kier molecular flexibility index (Phi) is 3.54. The molecule has 3 nitrogen and oxygen atoms in total. The van der Waals surface area contributed by atoms with Crippen molar-refractivity contribution in [3.8, 4) is 5.75 Å². The van der Waals surface area contributed by atoms with Crippen LogP contribution in [0, 0.1) is 0 Å². The van der Waals surface area contributed by atoms with Crippen molar-refractivity contribution in [2.75, 3.05) is 30.3 Å². The molecule has 1 heterocycles. The molecule has 0 spiro atoms. The largest absolute Gasteiger partial charge is 0.491 e. The zero-order valence-corrected chi connectivity index (χ0v) is 9.91. The fourth-order valence-corrected chi connectivity index (χ4v) is 2.03. The first-order valence-corrected chi connectivity index (χ1v) is 6.08. The minimum absolute atomic E-state index is 0.730. The lowest BCUT2D eigenvalue weighted by molar-refractivity contribution is 0.319. The zero-order chi connectivity index (χ0) is 11.4. The standard InChI is InChI=1S/C13H20N2O/c1-2-9-16-13-10-11(5-6-12(13)14)15-7-3-4-8-15/h5-6,10H,2-4,7-9,14H2,1H3. The molecule has 0 aliphatic carbocycles. The van der Waals surface area contributed by atoms with Gasteiger partial charge in [0.25, 0.3) is 0 Å². The SMILES string of the molecule is CCCOc1cc(N2CCCC2)ccc1N. The topological polar surface area (TPSA) is 38.5 Å². The van der Waals surface area contributed by atoms with Gasteiger partial charge >= 0.3 is 0 Å². The van der Waals surface area contributed by atoms with E-state index in [1.807, 2.05) is 6.07 Å². The summed E-state index contributed by atoms with van der Waals surface area (Å²) in [4.78, 5) is 2.39. The van der Waals surface area contributed by atoms with E-state index in [1.54, 1.807) is 0 Å². The Labute approximate surface area is 97.2 Å². The molecule has 1 aromatic carbocycles. The lowest BCUT2D eigenvalue weighted by Crippen LogP contribution is -2.17. The fraction of sp³-hybridized carbons (Fsp3) is 0.538. The van der Waals surface area contributed by atoms with E-state index >= 15 is 0 Å². The van der Waals surface area contributed by atoms with E-state index in [1.165, 1.54) is 18.5 Å². The molecule has 1 fully saturated rings. The van der Waals surface area contributed by atoms with Crippen LogP contribution >= 0.6 is 0 Å². The van der Waals surface area contributed by atoms with E-state index in [4.69, 9.17) is 10.5 Å². The summed E-state index contributed by atoms with van der Waals surface area (Å²) in [6.07, 6.45) is 3.58. The number of anilines is 2. The molecular formula is C13H20N2O. The first-order valence-electron chi connectivity index (χ1n) is 6.08. The van der Waals surface area contributed by atoms with Gasteiger partial charge in [0, 0.05) is 24.8 Å². The Hall–Kier alpha value is -1.38. The minimum Gasteiger partial charge on any atom is -0.491 e. The molecule has 0 saturated carbocycles. The molecule has 1 aliphatic rings. The molecule has 2 rings (SSSR count). The van der Waals surface area contributed by atoms with Crippen molar-refractivity contribution in [3.63, 3.8) is 0 Å². The predicted molar refractivity (Wildman–Crippen MR) is 68.1 cm³/mol. The van der Waals surface area contributed by atoms with Crippen LogP contribution in [-0.2, 0) is 0 Å². The Bertz CT molecular complexity index is 346. The molecule has 0 radical (unpaired) electrons. The molecule has 88 valence electrons. The van der Waals surface area contributed by atoms with Crippen LogP contribution in [0.25, 0.3) is 0 Å². The molecule has 0 aromatic heterocycles. The van der Waals surface area contributed by atoms with Gasteiger partial charge in [0.1, 0.15) is 5.75 Å². The molecule has 16 heavy (non-hydrogen) atoms. The maximum absolute atomic E-state index is 5.89. The molecule has 3 heteroatoms. The van der Waals surface area contributed by atoms with Gasteiger partial charge in [0.2, 0.25) is 0 Å². The minimum atomic E-state index is 0.730. The Balaban J connectivity index is 2.13. The summed E-state index contributed by atoms with van der Waals surface area (Å²) in [5.74, 6) is 0.825. The molecule has 0 bridgehead atoms. The van der Waals surface area contributed by atoms with Gasteiger partial charge in [-0.2, -0.15) is 0 Å². The van der Waals surface area contributed by atoms with Crippen LogP contribution in [0.3, 0.4) is 0 Å². The summed E-state index contributed by atoms with van der Waals surface area (Å²) in [6, 6.07) is 6.09. The molecule has 1 saturated heterocycles. The molecule has 0 atom stereocenters. The highest BCUT2D eigenvalue weighted by molar-refractivity contribution is 5.62. The highest BCUT2D eigenvalue weighted by Crippen LogP contribution is 2.29. The lowest BCUT2D eigenvalue weighted by atomic mass is 10.2. The van der Waals surface area contributed by atoms with Gasteiger partial charge in [0.05, 0.1) is 12.3 Å². The van der Waals surface area contributed by atoms with E-state index in [0.717, 1.165) is 37.6 Å². The molecule has 1 aromatic rings. The van der Waals surface area contributed by atoms with Crippen molar-refractivity contribution in [3.05, 3.63) is 18.2 Å². The van der Waals surface area contributed by atoms with E-state index in [-0.39, 0.29) is 0 Å². The van der Waals surface area contributed by atoms with Gasteiger partial charge in [-0.05, 0) is 31.4 Å². The predicted octanol–water partition coefficient (Wildman–Crippen LogP) is 2.66. The van der Waals surface area contributed by atoms with Gasteiger partial charge in [-0.3, -0.25) is 0 Å². The molecule has 0 amide bonds. The quantitative estimate of drug-likeness (QED) is 0.793. The summed E-state index contributed by atoms with van der Waals surface area (Å²) >= 11 is 0. The maximum Gasteiger partial charge on any atom is 0.144 e. The number of nitrogen functional groups attached to an aromatic ring is 1. The summed E-state index contributed by atoms with van der Waals surface area (Å²) in [7, 11) is 0. The summed E-state index contributed by atoms with van der Waals surface area (Å²) in [6.45, 7) is 5.13. The van der Waals surface area contributed by atoms with Crippen LogP contribution < -0.4 is 15.4 Å². The second kappa shape index (κ2) is 5.10. The van der Waals surface area contributed by atoms with Gasteiger partial charge in [-0.15, -0.1) is 0 Å². The smallest absolute Gasteiger partial charge is 0.144 e. The monoisotopic (exact) mass is 220 g/mol. The van der Waals surface area contributed by atoms with E-state index in [2.05, 4.69) is 24.0 Å². The average molecular weight is 220 g/mol. The molecule has 0 unspecified atom stereocenters. The third kappa shape index (κ3) is 2.40. The number of nitrogens with zero attached hydrogens (tertiary/aromatic N) is 1. The zero-order valence-electron chi connectivity index (χ0n) is 9.91. The van der Waals surface area contributed by atoms with Crippen molar-refractivity contribution >= 4 is 11.4 Å². The van der Waals surface area contributed by atoms with E-state index < -0.39 is 0 Å². The van der Waals surface area contributed by atoms with Crippen LogP contribution in [0.2, 0.25) is 0 Å². The third-order valence-electron chi connectivity index (χ3n) is 2.93. The van der Waals surface area contributed by atoms with E-state index in [0.29, 0.717) is 0 Å². The lowest BCUT2D eigenvalue weighted by Gasteiger charge is -2.19. The highest BCUT2D eigenvalue weighted by Gasteiger charge is 2.13. The number of nitrogens with two attached hydrogens (primary N) is 1. The van der Waals surface area contributed by atoms with Crippen LogP contribution in [0.5, 0.6) is 5.75 Å². The Morgan fingerprint density at radius 3 is 2.75 bits per heavy atom. The van der Waals surface area contributed by atoms with Crippen LogP contribution in [0.1, 0.15) is 26.2 Å². The number of benzene rings is 1. The maximum atomic E-state index is 5.89. The van der Waals surface area contributed by atoms with Crippen molar-refractivity contribution in [1.82, 2.24) is 0 Å². The first kappa shape index (κ1) is 11.1. The Morgan fingerprint density at radius 2 is 2.06 bits per heavy atom. The van der Waals surface area contributed by atoms with Gasteiger partial charge in [-0.1, -0.05) is 6.92 Å². The van der Waals surface area contributed by atoms with Gasteiger partial charge in [0.15, 0.2) is 0 Å². The van der Waals surface area contributed by atoms with Crippen molar-refractivity contribution in [2.45, 2.75) is 26.2 Å². The normalized spacial score (nSPS) is 15.4. The summed E-state index contributed by atoms with van der Waals surface area (Å²) in [5.41, 5.74) is 7.85. The van der Waals surface area contributed by atoms with E-state index in [9.17, 15) is 0 Å². The third-order valence-corrected chi connectivity index (χ3v) is 2.93. The van der Waals surface area contributed by atoms with Gasteiger partial charge < -0.3 is 15.4 Å². The average Bonchev–Trinajstić information content (AvgIpc) is 2.81. The second-order valence-corrected chi connectivity index (χ2v) is 4.26. The first-order chi connectivity index (χ1) is 7.81. The molecule has 1 aliphatic heterocycles. The number of ether oxygens (including phenoxy) is 1. The Morgan fingerprint density at radius 1 is 1.31 bits per heavy atom.